The first-order valence-corrected chi connectivity index (χ1v) is 7.50. The molecule has 0 amide bonds. The Bertz CT molecular complexity index is 1020. The quantitative estimate of drug-likeness (QED) is 0.626. The van der Waals surface area contributed by atoms with Crippen molar-refractivity contribution in [2.24, 2.45) is 7.05 Å². The third kappa shape index (κ3) is 2.67. The molecule has 0 aliphatic carbocycles. The molecule has 0 aliphatic heterocycles. The molecule has 4 aromatic heterocycles. The minimum Gasteiger partial charge on any atom is -0.323 e. The van der Waals surface area contributed by atoms with Gasteiger partial charge in [0.05, 0.1) is 23.4 Å². The zero-order chi connectivity index (χ0) is 16.5. The summed E-state index contributed by atoms with van der Waals surface area (Å²) < 4.78 is 1.77. The van der Waals surface area contributed by atoms with Crippen LogP contribution in [0.4, 0.5) is 11.6 Å². The third-order valence-electron chi connectivity index (χ3n) is 3.65. The summed E-state index contributed by atoms with van der Waals surface area (Å²) in [6.07, 6.45) is 7.28. The summed E-state index contributed by atoms with van der Waals surface area (Å²) in [5, 5.41) is 15.4. The number of hydrogen-bond donors (Lipinski definition) is 1. The van der Waals surface area contributed by atoms with Gasteiger partial charge in [0, 0.05) is 30.6 Å². The lowest BCUT2D eigenvalue weighted by molar-refractivity contribution is 0.768. The highest BCUT2D eigenvalue weighted by atomic mass is 15.2. The van der Waals surface area contributed by atoms with Crippen LogP contribution in [0.25, 0.3) is 22.2 Å². The lowest BCUT2D eigenvalue weighted by atomic mass is 10.1. The highest BCUT2D eigenvalue weighted by Gasteiger charge is 2.09. The van der Waals surface area contributed by atoms with Gasteiger partial charge in [0.15, 0.2) is 5.82 Å². The Morgan fingerprint density at radius 1 is 1.08 bits per heavy atom. The molecule has 0 bridgehead atoms. The van der Waals surface area contributed by atoms with Gasteiger partial charge in [0.1, 0.15) is 5.82 Å². The zero-order valence-corrected chi connectivity index (χ0v) is 13.3. The van der Waals surface area contributed by atoms with Crippen LogP contribution in [0.15, 0.2) is 49.1 Å². The van der Waals surface area contributed by atoms with Gasteiger partial charge in [0.2, 0.25) is 0 Å². The van der Waals surface area contributed by atoms with Crippen LogP contribution in [0.5, 0.6) is 0 Å². The van der Waals surface area contributed by atoms with Gasteiger partial charge in [-0.1, -0.05) is 0 Å². The Morgan fingerprint density at radius 2 is 2.00 bits per heavy atom. The molecule has 0 saturated heterocycles. The Kier molecular flexibility index (Phi) is 3.38. The summed E-state index contributed by atoms with van der Waals surface area (Å²) in [6.45, 7) is 1.97. The number of aromatic nitrogens is 6. The summed E-state index contributed by atoms with van der Waals surface area (Å²) >= 11 is 0. The predicted octanol–water partition coefficient (Wildman–Crippen LogP) is 2.87. The van der Waals surface area contributed by atoms with Gasteiger partial charge in [0.25, 0.3) is 0 Å². The minimum atomic E-state index is 0.661. The van der Waals surface area contributed by atoms with Crippen LogP contribution in [0.2, 0.25) is 0 Å². The Labute approximate surface area is 138 Å². The van der Waals surface area contributed by atoms with Crippen LogP contribution in [-0.2, 0) is 7.05 Å². The lowest BCUT2D eigenvalue weighted by Crippen LogP contribution is -1.99. The van der Waals surface area contributed by atoms with Gasteiger partial charge in [-0.05, 0) is 36.8 Å². The molecule has 0 aromatic carbocycles. The predicted molar refractivity (Wildman–Crippen MR) is 91.8 cm³/mol. The van der Waals surface area contributed by atoms with Crippen LogP contribution in [0, 0.1) is 6.92 Å². The van der Waals surface area contributed by atoms with E-state index in [2.05, 4.69) is 25.6 Å². The molecule has 0 fully saturated rings. The molecule has 0 aliphatic rings. The summed E-state index contributed by atoms with van der Waals surface area (Å²) in [7, 11) is 1.89. The van der Waals surface area contributed by atoms with Crippen molar-refractivity contribution in [3.8, 4) is 11.1 Å². The van der Waals surface area contributed by atoms with Gasteiger partial charge in [-0.3, -0.25) is 9.67 Å². The molecule has 4 rings (SSSR count). The smallest absolute Gasteiger partial charge is 0.154 e. The molecule has 0 spiro atoms. The van der Waals surface area contributed by atoms with Crippen molar-refractivity contribution in [2.75, 3.05) is 5.32 Å². The molecule has 0 saturated carbocycles. The molecular formula is C17H15N7. The first kappa shape index (κ1) is 14.3. The van der Waals surface area contributed by atoms with E-state index in [1.165, 1.54) is 0 Å². The summed E-state index contributed by atoms with van der Waals surface area (Å²) in [4.78, 5) is 9.10. The third-order valence-corrected chi connectivity index (χ3v) is 3.65. The van der Waals surface area contributed by atoms with Crippen LogP contribution in [0.3, 0.4) is 0 Å². The normalized spacial score (nSPS) is 10.9. The van der Waals surface area contributed by atoms with E-state index >= 15 is 0 Å². The fourth-order valence-corrected chi connectivity index (χ4v) is 2.54. The molecule has 7 heteroatoms. The Hall–Kier alpha value is -3.35. The van der Waals surface area contributed by atoms with Gasteiger partial charge in [-0.25, -0.2) is 4.98 Å². The van der Waals surface area contributed by atoms with Crippen molar-refractivity contribution in [2.45, 2.75) is 6.92 Å². The van der Waals surface area contributed by atoms with Crippen molar-refractivity contribution < 1.29 is 0 Å². The number of fused-ring (bicyclic) bond motifs is 1. The summed E-state index contributed by atoms with van der Waals surface area (Å²) in [6, 6.07) is 7.69. The second-order valence-electron chi connectivity index (χ2n) is 5.57. The van der Waals surface area contributed by atoms with Gasteiger partial charge < -0.3 is 5.32 Å². The maximum absolute atomic E-state index is 4.71. The molecule has 7 nitrogen and oxygen atoms in total. The molecular weight excluding hydrogens is 302 g/mol. The van der Waals surface area contributed by atoms with Crippen LogP contribution < -0.4 is 5.32 Å². The SMILES string of the molecule is Cc1cnnc(Nc2ccc3nccc(-c4cnn(C)c4)c3n2)c1. The lowest BCUT2D eigenvalue weighted by Gasteiger charge is -2.08. The largest absolute Gasteiger partial charge is 0.323 e. The molecule has 0 atom stereocenters. The van der Waals surface area contributed by atoms with Crippen LogP contribution >= 0.6 is 0 Å². The van der Waals surface area contributed by atoms with Crippen molar-refractivity contribution >= 4 is 22.7 Å². The standard InChI is InChI=1S/C17H15N7/c1-11-7-16(23-19-8-11)21-15-4-3-14-17(22-15)13(5-6-18-14)12-9-20-24(2)10-12/h3-10H,1-2H3,(H,21,22,23). The van der Waals surface area contributed by atoms with Crippen molar-refractivity contribution in [3.05, 3.63) is 54.6 Å². The zero-order valence-electron chi connectivity index (χ0n) is 13.3. The van der Waals surface area contributed by atoms with Crippen molar-refractivity contribution in [3.63, 3.8) is 0 Å². The fraction of sp³-hybridized carbons (Fsp3) is 0.118. The first-order chi connectivity index (χ1) is 11.7. The molecule has 4 heterocycles. The topological polar surface area (TPSA) is 81.4 Å². The highest BCUT2D eigenvalue weighted by Crippen LogP contribution is 2.27. The maximum Gasteiger partial charge on any atom is 0.154 e. The molecule has 118 valence electrons. The van der Waals surface area contributed by atoms with Crippen molar-refractivity contribution in [1.82, 2.24) is 29.9 Å². The van der Waals surface area contributed by atoms with Gasteiger partial charge >= 0.3 is 0 Å². The first-order valence-electron chi connectivity index (χ1n) is 7.50. The summed E-state index contributed by atoms with van der Waals surface area (Å²) in [5.41, 5.74) is 4.68. The van der Waals surface area contributed by atoms with Gasteiger partial charge in [-0.2, -0.15) is 10.2 Å². The van der Waals surface area contributed by atoms with Gasteiger partial charge in [-0.15, -0.1) is 5.10 Å². The second kappa shape index (κ2) is 5.69. The van der Waals surface area contributed by atoms with E-state index in [0.29, 0.717) is 11.6 Å². The van der Waals surface area contributed by atoms with E-state index in [9.17, 15) is 0 Å². The Morgan fingerprint density at radius 3 is 2.79 bits per heavy atom. The molecule has 0 radical (unpaired) electrons. The number of pyridine rings is 2. The van der Waals surface area contributed by atoms with Crippen LogP contribution in [-0.4, -0.2) is 29.9 Å². The van der Waals surface area contributed by atoms with E-state index < -0.39 is 0 Å². The van der Waals surface area contributed by atoms with Crippen molar-refractivity contribution in [1.29, 1.82) is 0 Å². The highest BCUT2D eigenvalue weighted by molar-refractivity contribution is 5.91. The average molecular weight is 317 g/mol. The minimum absolute atomic E-state index is 0.661. The molecule has 4 aromatic rings. The molecule has 1 N–H and O–H groups in total. The molecule has 0 unspecified atom stereocenters. The second-order valence-corrected chi connectivity index (χ2v) is 5.57. The van der Waals surface area contributed by atoms with E-state index in [-0.39, 0.29) is 0 Å². The van der Waals surface area contributed by atoms with E-state index in [4.69, 9.17) is 4.98 Å². The average Bonchev–Trinajstić information content (AvgIpc) is 3.00. The van der Waals surface area contributed by atoms with E-state index in [0.717, 1.165) is 27.7 Å². The number of aryl methyl sites for hydroxylation is 2. The summed E-state index contributed by atoms with van der Waals surface area (Å²) in [5.74, 6) is 1.36. The number of nitrogens with one attached hydrogen (secondary N) is 1. The number of nitrogens with zero attached hydrogens (tertiary/aromatic N) is 6. The Balaban J connectivity index is 1.79. The van der Waals surface area contributed by atoms with Crippen LogP contribution in [0.1, 0.15) is 5.56 Å². The molecule has 24 heavy (non-hydrogen) atoms. The number of rotatable bonds is 3. The number of hydrogen-bond acceptors (Lipinski definition) is 6. The maximum atomic E-state index is 4.71. The van der Waals surface area contributed by atoms with E-state index in [1.807, 2.05) is 50.6 Å². The number of anilines is 2. The monoisotopic (exact) mass is 317 g/mol. The fourth-order valence-electron chi connectivity index (χ4n) is 2.54. The van der Waals surface area contributed by atoms with E-state index in [1.54, 1.807) is 17.1 Å².